The average molecular weight is 518 g/mol. The molecule has 1 amide bonds. The summed E-state index contributed by atoms with van der Waals surface area (Å²) < 4.78 is 0. The molecule has 2 saturated carbocycles. The monoisotopic (exact) mass is 517 g/mol. The molecule has 0 saturated heterocycles. The van der Waals surface area contributed by atoms with E-state index in [0.29, 0.717) is 35.0 Å². The Labute approximate surface area is 221 Å². The number of hydrogen-bond donors (Lipinski definition) is 2. The summed E-state index contributed by atoms with van der Waals surface area (Å²) in [6, 6.07) is 15.6. The smallest absolute Gasteiger partial charge is 0.256 e. The van der Waals surface area contributed by atoms with Gasteiger partial charge < -0.3 is 15.0 Å². The topological polar surface area (TPSA) is 86.3 Å². The fourth-order valence-electron chi connectivity index (χ4n) is 6.15. The Hall–Kier alpha value is -2.96. The number of halogens is 1. The van der Waals surface area contributed by atoms with Crippen LogP contribution in [-0.2, 0) is 23.2 Å². The van der Waals surface area contributed by atoms with E-state index < -0.39 is 12.0 Å². The lowest BCUT2D eigenvalue weighted by molar-refractivity contribution is -0.141. The van der Waals surface area contributed by atoms with Gasteiger partial charge in [-0.25, -0.2) is 4.98 Å². The first-order valence-corrected chi connectivity index (χ1v) is 13.8. The number of amides is 1. The molecule has 0 radical (unpaired) electrons. The maximum absolute atomic E-state index is 13.2. The molecule has 1 atom stereocenters. The van der Waals surface area contributed by atoms with E-state index in [1.807, 2.05) is 0 Å². The van der Waals surface area contributed by atoms with Crippen molar-refractivity contribution in [2.24, 2.45) is 0 Å². The van der Waals surface area contributed by atoms with Gasteiger partial charge in [-0.15, -0.1) is 0 Å². The summed E-state index contributed by atoms with van der Waals surface area (Å²) in [6.07, 6.45) is 7.56. The van der Waals surface area contributed by atoms with Crippen molar-refractivity contribution in [3.05, 3.63) is 97.7 Å². The van der Waals surface area contributed by atoms with Crippen molar-refractivity contribution in [1.82, 2.24) is 14.9 Å². The van der Waals surface area contributed by atoms with Gasteiger partial charge in [0.25, 0.3) is 11.5 Å². The lowest BCUT2D eigenvalue weighted by Crippen LogP contribution is -2.42. The molecule has 1 aromatic heterocycles. The van der Waals surface area contributed by atoms with Gasteiger partial charge in [-0.2, -0.15) is 0 Å². The highest BCUT2D eigenvalue weighted by molar-refractivity contribution is 6.30. The Morgan fingerprint density at radius 3 is 2.65 bits per heavy atom. The summed E-state index contributed by atoms with van der Waals surface area (Å²) in [5, 5.41) is 11.1. The van der Waals surface area contributed by atoms with Crippen LogP contribution in [-0.4, -0.2) is 32.4 Å². The third-order valence-electron chi connectivity index (χ3n) is 8.50. The number of hydrogen-bond acceptors (Lipinski definition) is 4. The number of carbonyl (C=O) groups excluding carboxylic acids is 1. The largest absolute Gasteiger partial charge is 0.378 e. The molecule has 2 aromatic carbocycles. The Morgan fingerprint density at radius 2 is 1.89 bits per heavy atom. The molecule has 6 nitrogen and oxygen atoms in total. The van der Waals surface area contributed by atoms with E-state index in [1.165, 1.54) is 48.1 Å². The molecule has 2 aliphatic carbocycles. The molecule has 0 bridgehead atoms. The Bertz CT molecular complexity index is 1390. The van der Waals surface area contributed by atoms with Gasteiger partial charge in [0.1, 0.15) is 5.82 Å². The maximum Gasteiger partial charge on any atom is 0.256 e. The predicted molar refractivity (Wildman–Crippen MR) is 143 cm³/mol. The summed E-state index contributed by atoms with van der Waals surface area (Å²) >= 11 is 6.03. The van der Waals surface area contributed by atoms with Gasteiger partial charge >= 0.3 is 0 Å². The molecule has 1 aliphatic heterocycles. The van der Waals surface area contributed by atoms with Crippen LogP contribution in [0.5, 0.6) is 0 Å². The molecular formula is C30H32ClN3O3. The molecule has 7 heteroatoms. The quantitative estimate of drug-likeness (QED) is 0.489. The number of aromatic amines is 1. The van der Waals surface area contributed by atoms with Crippen LogP contribution in [0.25, 0.3) is 0 Å². The SMILES string of the molecule is O=C([C@H](O)c1cccc(Cl)c1)N1CCc2nc(C3(c4cccc(C5CCCCC5)c4)CC3)[nH]c(=O)c2C1. The van der Waals surface area contributed by atoms with Crippen LogP contribution in [0.2, 0.25) is 5.02 Å². The maximum atomic E-state index is 13.2. The number of nitrogens with one attached hydrogen (secondary N) is 1. The third kappa shape index (κ3) is 4.62. The number of fused-ring (bicyclic) bond motifs is 1. The van der Waals surface area contributed by atoms with Crippen LogP contribution >= 0.6 is 11.6 Å². The van der Waals surface area contributed by atoms with Crippen LogP contribution in [0.1, 0.15) is 90.7 Å². The number of aromatic nitrogens is 2. The second kappa shape index (κ2) is 9.73. The van der Waals surface area contributed by atoms with Gasteiger partial charge in [-0.1, -0.05) is 67.3 Å². The Balaban J connectivity index is 1.24. The summed E-state index contributed by atoms with van der Waals surface area (Å²) in [5.74, 6) is 0.941. The molecule has 2 N–H and O–H groups in total. The third-order valence-corrected chi connectivity index (χ3v) is 8.73. The van der Waals surface area contributed by atoms with Crippen LogP contribution in [0, 0.1) is 0 Å². The first-order valence-electron chi connectivity index (χ1n) is 13.4. The number of aliphatic hydroxyl groups excluding tert-OH is 1. The van der Waals surface area contributed by atoms with Crippen molar-refractivity contribution >= 4 is 17.5 Å². The Kier molecular flexibility index (Phi) is 6.41. The van der Waals surface area contributed by atoms with Gasteiger partial charge in [-0.3, -0.25) is 9.59 Å². The number of carbonyl (C=O) groups is 1. The highest BCUT2D eigenvalue weighted by Crippen LogP contribution is 2.52. The molecule has 6 rings (SSSR count). The molecule has 0 spiro atoms. The highest BCUT2D eigenvalue weighted by atomic mass is 35.5. The molecule has 192 valence electrons. The van der Waals surface area contributed by atoms with E-state index in [9.17, 15) is 14.7 Å². The van der Waals surface area contributed by atoms with Crippen molar-refractivity contribution in [1.29, 1.82) is 0 Å². The van der Waals surface area contributed by atoms with Crippen molar-refractivity contribution in [3.8, 4) is 0 Å². The average Bonchev–Trinajstić information content (AvgIpc) is 3.75. The van der Waals surface area contributed by atoms with Crippen molar-refractivity contribution in [2.45, 2.75) is 75.3 Å². The predicted octanol–water partition coefficient (Wildman–Crippen LogP) is 5.17. The lowest BCUT2D eigenvalue weighted by Gasteiger charge is -2.30. The summed E-state index contributed by atoms with van der Waals surface area (Å²) in [7, 11) is 0. The standard InChI is InChI=1S/C30H32ClN3O3/c31-23-11-5-9-21(17-23)26(35)28(37)34-15-12-25-24(18-34)27(36)33-29(32-25)30(13-14-30)22-10-4-8-20(16-22)19-6-2-1-3-7-19/h4-5,8-11,16-17,19,26,35H,1-3,6-7,12-15,18H2,(H,32,33,36)/t26-/m1/s1. The van der Waals surface area contributed by atoms with E-state index in [-0.39, 0.29) is 17.5 Å². The number of H-pyrrole nitrogens is 1. The fraction of sp³-hybridized carbons (Fsp3) is 0.433. The van der Waals surface area contributed by atoms with E-state index in [2.05, 4.69) is 29.2 Å². The fourth-order valence-corrected chi connectivity index (χ4v) is 6.34. The van der Waals surface area contributed by atoms with Crippen molar-refractivity contribution in [2.75, 3.05) is 6.54 Å². The van der Waals surface area contributed by atoms with Crippen molar-refractivity contribution < 1.29 is 9.90 Å². The zero-order chi connectivity index (χ0) is 25.6. The normalized spacial score (nSPS) is 19.8. The van der Waals surface area contributed by atoms with Crippen molar-refractivity contribution in [3.63, 3.8) is 0 Å². The van der Waals surface area contributed by atoms with Gasteiger partial charge in [0.2, 0.25) is 0 Å². The number of aliphatic hydroxyl groups is 1. The first kappa shape index (κ1) is 24.4. The van der Waals surface area contributed by atoms with Gasteiger partial charge in [0, 0.05) is 18.0 Å². The Morgan fingerprint density at radius 1 is 1.11 bits per heavy atom. The van der Waals surface area contributed by atoms with Gasteiger partial charge in [0.15, 0.2) is 6.10 Å². The number of rotatable bonds is 5. The molecule has 3 aliphatic rings. The summed E-state index contributed by atoms with van der Waals surface area (Å²) in [6.45, 7) is 0.544. The van der Waals surface area contributed by atoms with Crippen LogP contribution in [0.4, 0.5) is 0 Å². The molecule has 0 unspecified atom stereocenters. The molecular weight excluding hydrogens is 486 g/mol. The van der Waals surface area contributed by atoms with Crippen LogP contribution < -0.4 is 5.56 Å². The van der Waals surface area contributed by atoms with Crippen LogP contribution in [0.3, 0.4) is 0 Å². The van der Waals surface area contributed by atoms with E-state index in [4.69, 9.17) is 16.6 Å². The molecule has 2 fully saturated rings. The van der Waals surface area contributed by atoms with Gasteiger partial charge in [0.05, 0.1) is 23.2 Å². The minimum Gasteiger partial charge on any atom is -0.378 e. The first-order chi connectivity index (χ1) is 17.9. The number of nitrogens with zero attached hydrogens (tertiary/aromatic N) is 2. The van der Waals surface area contributed by atoms with E-state index in [0.717, 1.165) is 24.4 Å². The van der Waals surface area contributed by atoms with E-state index >= 15 is 0 Å². The van der Waals surface area contributed by atoms with Gasteiger partial charge in [-0.05, 0) is 60.4 Å². The molecule has 3 aromatic rings. The van der Waals surface area contributed by atoms with E-state index in [1.54, 1.807) is 24.3 Å². The zero-order valence-corrected chi connectivity index (χ0v) is 21.6. The second-order valence-corrected chi connectivity index (χ2v) is 11.3. The molecule has 37 heavy (non-hydrogen) atoms. The lowest BCUT2D eigenvalue weighted by atomic mass is 9.82. The summed E-state index contributed by atoms with van der Waals surface area (Å²) in [5.41, 5.74) is 3.95. The summed E-state index contributed by atoms with van der Waals surface area (Å²) in [4.78, 5) is 35.8. The second-order valence-electron chi connectivity index (χ2n) is 10.8. The minimum atomic E-state index is -1.32. The van der Waals surface area contributed by atoms with Crippen LogP contribution in [0.15, 0.2) is 53.3 Å². The molecule has 2 heterocycles. The minimum absolute atomic E-state index is 0.137. The number of benzene rings is 2. The zero-order valence-electron chi connectivity index (χ0n) is 20.9. The highest BCUT2D eigenvalue weighted by Gasteiger charge is 2.49.